The standard InChI is InChI=1S/C20H19N5OS/c1-25-12-17(11-22-25)15-6-7-16-10-21-20(24-19(16)9-15)23-18-5-3-4-14(8-18)13-27(2)26/h3-12H,13H2,1-2H3,(H,21,23,24). The number of fused-ring (bicyclic) bond motifs is 1. The molecule has 7 heteroatoms. The first-order valence-electron chi connectivity index (χ1n) is 8.49. The molecule has 1 unspecified atom stereocenters. The van der Waals surface area contributed by atoms with Gasteiger partial charge in [-0.1, -0.05) is 24.3 Å². The largest absolute Gasteiger partial charge is 0.324 e. The molecule has 0 saturated carbocycles. The highest BCUT2D eigenvalue weighted by atomic mass is 32.2. The third-order valence-electron chi connectivity index (χ3n) is 4.17. The minimum atomic E-state index is -0.875. The lowest BCUT2D eigenvalue weighted by atomic mass is 10.1. The van der Waals surface area contributed by atoms with Crippen molar-refractivity contribution in [1.82, 2.24) is 19.7 Å². The van der Waals surface area contributed by atoms with Gasteiger partial charge in [0.15, 0.2) is 0 Å². The average Bonchev–Trinajstić information content (AvgIpc) is 3.07. The van der Waals surface area contributed by atoms with Gasteiger partial charge in [0.25, 0.3) is 0 Å². The summed E-state index contributed by atoms with van der Waals surface area (Å²) in [5, 5.41) is 8.44. The third kappa shape index (κ3) is 4.03. The molecule has 0 aliphatic rings. The number of benzene rings is 2. The zero-order valence-corrected chi connectivity index (χ0v) is 15.9. The second-order valence-corrected chi connectivity index (χ2v) is 7.85. The van der Waals surface area contributed by atoms with Crippen molar-refractivity contribution in [1.29, 1.82) is 0 Å². The summed E-state index contributed by atoms with van der Waals surface area (Å²) >= 11 is 0. The van der Waals surface area contributed by atoms with Crippen LogP contribution in [0.25, 0.3) is 22.0 Å². The van der Waals surface area contributed by atoms with Gasteiger partial charge in [-0.3, -0.25) is 8.89 Å². The van der Waals surface area contributed by atoms with Crippen molar-refractivity contribution < 1.29 is 4.21 Å². The Balaban J connectivity index is 1.63. The Labute approximate surface area is 159 Å². The van der Waals surface area contributed by atoms with E-state index in [2.05, 4.69) is 20.4 Å². The maximum atomic E-state index is 11.4. The van der Waals surface area contributed by atoms with Gasteiger partial charge in [-0.15, -0.1) is 0 Å². The fourth-order valence-corrected chi connectivity index (χ4v) is 3.59. The second-order valence-electron chi connectivity index (χ2n) is 6.41. The molecule has 1 N–H and O–H groups in total. The minimum absolute atomic E-state index is 0.528. The summed E-state index contributed by atoms with van der Waals surface area (Å²) in [5.41, 5.74) is 4.86. The maximum absolute atomic E-state index is 11.4. The van der Waals surface area contributed by atoms with Crippen LogP contribution >= 0.6 is 0 Å². The van der Waals surface area contributed by atoms with Crippen LogP contribution in [0.1, 0.15) is 5.56 Å². The maximum Gasteiger partial charge on any atom is 0.227 e. The molecule has 0 radical (unpaired) electrons. The van der Waals surface area contributed by atoms with E-state index in [1.807, 2.05) is 68.1 Å². The second kappa shape index (κ2) is 7.28. The SMILES string of the molecule is Cn1cc(-c2ccc3cnc(Nc4cccc(CS(C)=O)c4)nc3c2)cn1. The Hall–Kier alpha value is -3.06. The fraction of sp³-hybridized carbons (Fsp3) is 0.150. The van der Waals surface area contributed by atoms with Crippen LogP contribution in [0.4, 0.5) is 11.6 Å². The molecule has 2 heterocycles. The number of aromatic nitrogens is 4. The van der Waals surface area contributed by atoms with E-state index in [4.69, 9.17) is 0 Å². The van der Waals surface area contributed by atoms with E-state index in [1.54, 1.807) is 10.9 Å². The predicted molar refractivity (Wildman–Crippen MR) is 109 cm³/mol. The smallest absolute Gasteiger partial charge is 0.227 e. The van der Waals surface area contributed by atoms with E-state index >= 15 is 0 Å². The Bertz CT molecular complexity index is 1140. The lowest BCUT2D eigenvalue weighted by Gasteiger charge is -2.08. The van der Waals surface area contributed by atoms with Gasteiger partial charge in [0.1, 0.15) is 0 Å². The van der Waals surface area contributed by atoms with Crippen molar-refractivity contribution in [2.24, 2.45) is 7.05 Å². The topological polar surface area (TPSA) is 72.7 Å². The molecule has 2 aromatic heterocycles. The van der Waals surface area contributed by atoms with Crippen LogP contribution in [0.5, 0.6) is 0 Å². The molecule has 0 aliphatic carbocycles. The highest BCUT2D eigenvalue weighted by Crippen LogP contribution is 2.24. The monoisotopic (exact) mass is 377 g/mol. The summed E-state index contributed by atoms with van der Waals surface area (Å²) in [4.78, 5) is 9.05. The highest BCUT2D eigenvalue weighted by molar-refractivity contribution is 7.83. The number of aryl methyl sites for hydroxylation is 1. The van der Waals surface area contributed by atoms with Crippen molar-refractivity contribution in [3.63, 3.8) is 0 Å². The molecular weight excluding hydrogens is 358 g/mol. The van der Waals surface area contributed by atoms with Crippen LogP contribution in [0, 0.1) is 0 Å². The van der Waals surface area contributed by atoms with Crippen molar-refractivity contribution in [2.45, 2.75) is 5.75 Å². The van der Waals surface area contributed by atoms with Crippen LogP contribution in [0.2, 0.25) is 0 Å². The molecule has 0 amide bonds. The van der Waals surface area contributed by atoms with Crippen LogP contribution in [0.3, 0.4) is 0 Å². The summed E-state index contributed by atoms with van der Waals surface area (Å²) in [6.07, 6.45) is 7.32. The number of hydrogen-bond donors (Lipinski definition) is 1. The molecule has 0 fully saturated rings. The van der Waals surface area contributed by atoms with Crippen LogP contribution in [0.15, 0.2) is 61.1 Å². The molecule has 0 bridgehead atoms. The van der Waals surface area contributed by atoms with E-state index in [0.29, 0.717) is 11.7 Å². The zero-order chi connectivity index (χ0) is 18.8. The van der Waals surface area contributed by atoms with Crippen LogP contribution in [-0.4, -0.2) is 30.2 Å². The van der Waals surface area contributed by atoms with E-state index in [1.165, 1.54) is 0 Å². The van der Waals surface area contributed by atoms with E-state index in [-0.39, 0.29) is 0 Å². The molecule has 136 valence electrons. The molecule has 2 aromatic carbocycles. The van der Waals surface area contributed by atoms with Gasteiger partial charge >= 0.3 is 0 Å². The Kier molecular flexibility index (Phi) is 4.68. The summed E-state index contributed by atoms with van der Waals surface area (Å²) in [7, 11) is 1.02. The van der Waals surface area contributed by atoms with E-state index in [9.17, 15) is 4.21 Å². The summed E-state index contributed by atoms with van der Waals surface area (Å²) in [6, 6.07) is 13.9. The number of anilines is 2. The lowest BCUT2D eigenvalue weighted by molar-refractivity contribution is 0.686. The fourth-order valence-electron chi connectivity index (χ4n) is 2.94. The van der Waals surface area contributed by atoms with Crippen LogP contribution < -0.4 is 5.32 Å². The Morgan fingerprint density at radius 3 is 2.78 bits per heavy atom. The number of nitrogens with one attached hydrogen (secondary N) is 1. The predicted octanol–water partition coefficient (Wildman–Crippen LogP) is 3.65. The first-order chi connectivity index (χ1) is 13.1. The van der Waals surface area contributed by atoms with Gasteiger partial charge in [0.2, 0.25) is 5.95 Å². The summed E-state index contributed by atoms with van der Waals surface area (Å²) in [6.45, 7) is 0. The Morgan fingerprint density at radius 2 is 2.00 bits per heavy atom. The third-order valence-corrected chi connectivity index (χ3v) is 4.91. The van der Waals surface area contributed by atoms with Gasteiger partial charge < -0.3 is 5.32 Å². The average molecular weight is 377 g/mol. The normalized spacial score (nSPS) is 12.2. The quantitative estimate of drug-likeness (QED) is 0.575. The molecule has 1 atom stereocenters. The van der Waals surface area contributed by atoms with Gasteiger partial charge in [0, 0.05) is 58.9 Å². The molecule has 4 rings (SSSR count). The molecule has 27 heavy (non-hydrogen) atoms. The molecule has 0 spiro atoms. The first kappa shape index (κ1) is 17.4. The van der Waals surface area contributed by atoms with E-state index in [0.717, 1.165) is 33.3 Å². The van der Waals surface area contributed by atoms with Gasteiger partial charge in [-0.2, -0.15) is 5.10 Å². The number of nitrogens with zero attached hydrogens (tertiary/aromatic N) is 4. The minimum Gasteiger partial charge on any atom is -0.324 e. The van der Waals surface area contributed by atoms with Crippen molar-refractivity contribution >= 4 is 33.3 Å². The Morgan fingerprint density at radius 1 is 1.11 bits per heavy atom. The highest BCUT2D eigenvalue weighted by Gasteiger charge is 2.06. The summed E-state index contributed by atoms with van der Waals surface area (Å²) in [5.74, 6) is 1.06. The van der Waals surface area contributed by atoms with Gasteiger partial charge in [-0.05, 0) is 29.3 Å². The molecule has 6 nitrogen and oxygen atoms in total. The summed E-state index contributed by atoms with van der Waals surface area (Å²) < 4.78 is 13.2. The van der Waals surface area contributed by atoms with Crippen molar-refractivity contribution in [3.05, 3.63) is 66.6 Å². The lowest BCUT2D eigenvalue weighted by Crippen LogP contribution is -1.99. The first-order valence-corrected chi connectivity index (χ1v) is 10.2. The molecule has 0 saturated heterocycles. The number of hydrogen-bond acceptors (Lipinski definition) is 5. The zero-order valence-electron chi connectivity index (χ0n) is 15.1. The van der Waals surface area contributed by atoms with Gasteiger partial charge in [-0.25, -0.2) is 9.97 Å². The molecule has 0 aliphatic heterocycles. The van der Waals surface area contributed by atoms with Crippen molar-refractivity contribution in [3.8, 4) is 11.1 Å². The molecular formula is C20H19N5OS. The number of rotatable bonds is 5. The van der Waals surface area contributed by atoms with Crippen LogP contribution in [-0.2, 0) is 23.6 Å². The van der Waals surface area contributed by atoms with Crippen molar-refractivity contribution in [2.75, 3.05) is 11.6 Å². The van der Waals surface area contributed by atoms with E-state index < -0.39 is 10.8 Å². The van der Waals surface area contributed by atoms with Gasteiger partial charge in [0.05, 0.1) is 11.7 Å². The molecule has 4 aromatic rings.